The lowest BCUT2D eigenvalue weighted by Gasteiger charge is -2.21. The summed E-state index contributed by atoms with van der Waals surface area (Å²) >= 11 is 7.20. The summed E-state index contributed by atoms with van der Waals surface area (Å²) in [5, 5.41) is 21.0. The first-order valence-corrected chi connectivity index (χ1v) is 16.4. The molecule has 0 aliphatic carbocycles. The molecule has 6 N–H and O–H groups in total. The minimum Gasteiger partial charge on any atom is -0.490 e. The lowest BCUT2D eigenvalue weighted by Crippen LogP contribution is -2.41. The van der Waals surface area contributed by atoms with Crippen LogP contribution in [0, 0.1) is 28.6 Å². The van der Waals surface area contributed by atoms with E-state index in [1.165, 1.54) is 24.9 Å². The zero-order chi connectivity index (χ0) is 35.7. The molecule has 0 aliphatic heterocycles. The van der Waals surface area contributed by atoms with Gasteiger partial charge in [0.25, 0.3) is 0 Å². The molecule has 0 bridgehead atoms. The van der Waals surface area contributed by atoms with Crippen molar-refractivity contribution < 1.29 is 28.2 Å². The number of rotatable bonds is 14. The molecule has 0 aliphatic rings. The van der Waals surface area contributed by atoms with Gasteiger partial charge >= 0.3 is 11.9 Å². The van der Waals surface area contributed by atoms with E-state index >= 15 is 0 Å². The van der Waals surface area contributed by atoms with E-state index in [0.717, 1.165) is 5.56 Å². The molecule has 3 atom stereocenters. The number of nitrogens with zero attached hydrogens (tertiary/aromatic N) is 4. The van der Waals surface area contributed by atoms with Gasteiger partial charge in [-0.15, -0.1) is 0 Å². The molecule has 0 radical (unpaired) electrons. The number of carbonyl (C=O) groups excluding carboxylic acids is 2. The van der Waals surface area contributed by atoms with Gasteiger partial charge in [0.15, 0.2) is 6.10 Å². The fourth-order valence-electron chi connectivity index (χ4n) is 4.27. The number of nitrogen functional groups attached to an aromatic ring is 1. The number of hydrogen-bond donors (Lipinski definition) is 3. The van der Waals surface area contributed by atoms with E-state index in [1.807, 2.05) is 0 Å². The van der Waals surface area contributed by atoms with Gasteiger partial charge < -0.3 is 35.8 Å². The molecule has 254 valence electrons. The van der Waals surface area contributed by atoms with Crippen LogP contribution >= 0.6 is 23.4 Å². The van der Waals surface area contributed by atoms with Gasteiger partial charge in [-0.2, -0.15) is 10.5 Å². The molecule has 49 heavy (non-hydrogen) atoms. The normalized spacial score (nSPS) is 12.8. The quantitative estimate of drug-likeness (QED) is 0.118. The highest BCUT2D eigenvalue weighted by Gasteiger charge is 2.25. The van der Waals surface area contributed by atoms with Crippen molar-refractivity contribution in [2.45, 2.75) is 49.7 Å². The maximum atomic E-state index is 12.3. The SMILES string of the molecule is CC(C)[C@H](N)C(=O)OC[C@H](COc1ccc(-c2c(C#N)c(N)nc(SCc3coc(-c4ccc(Cl)cc4)n3)c2C#N)cc1)OC(=O)[C@H](C)N. The molecule has 0 saturated heterocycles. The van der Waals surface area contributed by atoms with Crippen LogP contribution in [0.5, 0.6) is 5.75 Å². The van der Waals surface area contributed by atoms with Crippen LogP contribution in [0.25, 0.3) is 22.6 Å². The van der Waals surface area contributed by atoms with Crippen LogP contribution < -0.4 is 21.9 Å². The van der Waals surface area contributed by atoms with Crippen molar-refractivity contribution in [1.29, 1.82) is 10.5 Å². The van der Waals surface area contributed by atoms with Crippen molar-refractivity contribution in [2.24, 2.45) is 17.4 Å². The predicted molar refractivity (Wildman–Crippen MR) is 183 cm³/mol. The number of oxazole rings is 1. The van der Waals surface area contributed by atoms with Crippen LogP contribution in [0.15, 0.2) is 64.2 Å². The Morgan fingerprint density at radius 1 is 0.939 bits per heavy atom. The molecule has 0 unspecified atom stereocenters. The molecule has 15 heteroatoms. The fourth-order valence-corrected chi connectivity index (χ4v) is 5.27. The second kappa shape index (κ2) is 16.8. The first kappa shape index (κ1) is 36.7. The number of nitriles is 2. The third kappa shape index (κ3) is 9.49. The standard InChI is InChI=1S/C34H34ClN7O6S/c1-18(2)29(39)34(44)47-16-25(48-33(43)19(3)38)15-45-24-10-6-20(7-11-24)28-26(12-36)30(40)42-32(27(28)13-37)49-17-23-14-46-31(41-23)21-4-8-22(35)9-5-21/h4-11,14,18-19,25,29H,15-17,38-39H2,1-3H3,(H2,40,42)/t19-,25-,29-/m0/s1. The van der Waals surface area contributed by atoms with E-state index in [2.05, 4.69) is 22.1 Å². The van der Waals surface area contributed by atoms with Gasteiger partial charge in [-0.1, -0.05) is 49.3 Å². The van der Waals surface area contributed by atoms with Gasteiger partial charge in [0.2, 0.25) is 5.89 Å². The number of aromatic nitrogens is 2. The van der Waals surface area contributed by atoms with Crippen LogP contribution in [0.3, 0.4) is 0 Å². The largest absolute Gasteiger partial charge is 0.490 e. The number of carbonyl (C=O) groups is 2. The van der Waals surface area contributed by atoms with Crippen LogP contribution in [-0.2, 0) is 24.8 Å². The highest BCUT2D eigenvalue weighted by molar-refractivity contribution is 7.98. The second-order valence-electron chi connectivity index (χ2n) is 11.2. The van der Waals surface area contributed by atoms with E-state index in [1.54, 1.807) is 62.4 Å². The number of halogens is 1. The number of ether oxygens (including phenoxy) is 3. The molecular weight excluding hydrogens is 670 g/mol. The van der Waals surface area contributed by atoms with Crippen molar-refractivity contribution in [1.82, 2.24) is 9.97 Å². The molecule has 2 aromatic carbocycles. The van der Waals surface area contributed by atoms with Gasteiger partial charge in [-0.3, -0.25) is 9.59 Å². The van der Waals surface area contributed by atoms with E-state index in [4.69, 9.17) is 47.4 Å². The molecule has 2 heterocycles. The number of pyridine rings is 1. The number of esters is 2. The first-order chi connectivity index (χ1) is 23.4. The first-order valence-electron chi connectivity index (χ1n) is 15.0. The van der Waals surface area contributed by atoms with Crippen LogP contribution in [-0.4, -0.2) is 53.3 Å². The Morgan fingerprint density at radius 3 is 2.20 bits per heavy atom. The Labute approximate surface area is 292 Å². The van der Waals surface area contributed by atoms with E-state index in [0.29, 0.717) is 44.3 Å². The number of hydrogen-bond acceptors (Lipinski definition) is 14. The molecule has 4 rings (SSSR count). The second-order valence-corrected chi connectivity index (χ2v) is 12.6. The van der Waals surface area contributed by atoms with Gasteiger partial charge in [-0.05, 0) is 54.8 Å². The topological polar surface area (TPSA) is 226 Å². The average molecular weight is 704 g/mol. The number of benzene rings is 2. The zero-order valence-corrected chi connectivity index (χ0v) is 28.5. The molecule has 13 nitrogen and oxygen atoms in total. The smallest absolute Gasteiger partial charge is 0.323 e. The highest BCUT2D eigenvalue weighted by Crippen LogP contribution is 2.37. The third-order valence-electron chi connectivity index (χ3n) is 7.05. The molecule has 0 saturated carbocycles. The minimum absolute atomic E-state index is 0.0353. The number of thioether (sulfide) groups is 1. The maximum Gasteiger partial charge on any atom is 0.323 e. The van der Waals surface area contributed by atoms with E-state index in [9.17, 15) is 20.1 Å². The van der Waals surface area contributed by atoms with Crippen LogP contribution in [0.1, 0.15) is 37.6 Å². The van der Waals surface area contributed by atoms with Crippen molar-refractivity contribution in [3.8, 4) is 40.5 Å². The molecule has 0 amide bonds. The molecule has 4 aromatic rings. The summed E-state index contributed by atoms with van der Waals surface area (Å²) in [4.78, 5) is 33.3. The highest BCUT2D eigenvalue weighted by atomic mass is 35.5. The molecular formula is C34H34ClN7O6S. The summed E-state index contributed by atoms with van der Waals surface area (Å²) < 4.78 is 22.1. The summed E-state index contributed by atoms with van der Waals surface area (Å²) in [5.41, 5.74) is 20.1. The Balaban J connectivity index is 1.51. The summed E-state index contributed by atoms with van der Waals surface area (Å²) in [6.07, 6.45) is 0.547. The van der Waals surface area contributed by atoms with E-state index < -0.39 is 30.1 Å². The third-order valence-corrected chi connectivity index (χ3v) is 8.31. The lowest BCUT2D eigenvalue weighted by atomic mass is 9.97. The average Bonchev–Trinajstić information content (AvgIpc) is 3.57. The van der Waals surface area contributed by atoms with Crippen LogP contribution in [0.2, 0.25) is 5.02 Å². The fraction of sp³-hybridized carbons (Fsp3) is 0.294. The Morgan fingerprint density at radius 2 is 1.59 bits per heavy atom. The van der Waals surface area contributed by atoms with Crippen molar-refractivity contribution >= 4 is 41.1 Å². The predicted octanol–water partition coefficient (Wildman–Crippen LogP) is 4.84. The van der Waals surface area contributed by atoms with Gasteiger partial charge in [-0.25, -0.2) is 9.97 Å². The Kier molecular flexibility index (Phi) is 12.6. The zero-order valence-electron chi connectivity index (χ0n) is 26.9. The van der Waals surface area contributed by atoms with E-state index in [-0.39, 0.29) is 36.1 Å². The number of nitrogens with two attached hydrogens (primary N) is 3. The summed E-state index contributed by atoms with van der Waals surface area (Å²) in [7, 11) is 0. The Bertz CT molecular complexity index is 1870. The van der Waals surface area contributed by atoms with Crippen molar-refractivity contribution in [3.63, 3.8) is 0 Å². The maximum absolute atomic E-state index is 12.3. The summed E-state index contributed by atoms with van der Waals surface area (Å²) in [5.74, 6) is -0.430. The lowest BCUT2D eigenvalue weighted by molar-refractivity contribution is -0.162. The van der Waals surface area contributed by atoms with Gasteiger partial charge in [0.1, 0.15) is 65.9 Å². The molecule has 2 aromatic heterocycles. The Hall–Kier alpha value is -5.12. The monoisotopic (exact) mass is 703 g/mol. The molecule has 0 fully saturated rings. The van der Waals surface area contributed by atoms with Gasteiger partial charge in [0.05, 0.1) is 11.3 Å². The van der Waals surface area contributed by atoms with Crippen molar-refractivity contribution in [2.75, 3.05) is 18.9 Å². The van der Waals surface area contributed by atoms with Crippen molar-refractivity contribution in [3.05, 3.63) is 76.6 Å². The molecule has 0 spiro atoms. The summed E-state index contributed by atoms with van der Waals surface area (Å²) in [6.45, 7) is 4.57. The number of anilines is 1. The minimum atomic E-state index is -0.969. The van der Waals surface area contributed by atoms with Gasteiger partial charge in [0, 0.05) is 21.9 Å². The van der Waals surface area contributed by atoms with Crippen LogP contribution in [0.4, 0.5) is 5.82 Å². The summed E-state index contributed by atoms with van der Waals surface area (Å²) in [6, 6.07) is 16.1.